The van der Waals surface area contributed by atoms with Crippen molar-refractivity contribution in [2.75, 3.05) is 35.2 Å². The highest BCUT2D eigenvalue weighted by Gasteiger charge is 2.35. The molecule has 1 unspecified atom stereocenters. The van der Waals surface area contributed by atoms with E-state index >= 15 is 0 Å². The molecule has 276 valence electrons. The monoisotopic (exact) mass is 758 g/mol. The van der Waals surface area contributed by atoms with Gasteiger partial charge in [0.2, 0.25) is 17.8 Å². The number of nitrogens with one attached hydrogen (secondary N) is 3. The second-order valence-corrected chi connectivity index (χ2v) is 12.4. The Bertz CT molecular complexity index is 2330. The maximum Gasteiger partial charge on any atom is 0.301 e. The Hall–Kier alpha value is -7.33. The van der Waals surface area contributed by atoms with Gasteiger partial charge in [0.15, 0.2) is 0 Å². The van der Waals surface area contributed by atoms with E-state index < -0.39 is 27.3 Å². The number of non-ortho nitro benzene ring substituents is 1. The summed E-state index contributed by atoms with van der Waals surface area (Å²) in [7, 11) is 3.19. The molecule has 0 radical (unpaired) electrons. The van der Waals surface area contributed by atoms with Gasteiger partial charge in [-0.1, -0.05) is 41.9 Å². The van der Waals surface area contributed by atoms with Crippen LogP contribution in [0.15, 0.2) is 120 Å². The van der Waals surface area contributed by atoms with Gasteiger partial charge in [-0.2, -0.15) is 20.1 Å². The van der Waals surface area contributed by atoms with Crippen LogP contribution in [0.25, 0.3) is 0 Å². The van der Waals surface area contributed by atoms with Crippen molar-refractivity contribution in [1.82, 2.24) is 15.0 Å². The van der Waals surface area contributed by atoms with Gasteiger partial charge >= 0.3 is 5.69 Å². The Morgan fingerprint density at radius 1 is 0.691 bits per heavy atom. The second kappa shape index (κ2) is 15.7. The van der Waals surface area contributed by atoms with E-state index in [9.17, 15) is 20.2 Å². The van der Waals surface area contributed by atoms with E-state index in [0.717, 1.165) is 23.0 Å². The van der Waals surface area contributed by atoms with E-state index in [1.165, 1.54) is 17.1 Å². The molecule has 17 heteroatoms. The summed E-state index contributed by atoms with van der Waals surface area (Å²) in [6.45, 7) is 0. The Labute approximate surface area is 318 Å². The lowest BCUT2D eigenvalue weighted by molar-refractivity contribution is -0.393. The third-order valence-electron chi connectivity index (χ3n) is 8.59. The number of hydrazone groups is 1. The first-order valence-electron chi connectivity index (χ1n) is 16.7. The molecule has 1 aromatic heterocycles. The Kier molecular flexibility index (Phi) is 10.3. The summed E-state index contributed by atoms with van der Waals surface area (Å²) in [5.41, 5.74) is 3.44. The van der Waals surface area contributed by atoms with Crippen LogP contribution in [0, 0.1) is 20.2 Å². The van der Waals surface area contributed by atoms with Crippen molar-refractivity contribution >= 4 is 69.3 Å². The van der Waals surface area contributed by atoms with Crippen LogP contribution >= 0.6 is 11.6 Å². The first-order chi connectivity index (χ1) is 26.7. The standard InChI is InChI=1S/C38H31ClN10O6/c1-54-28-16-11-25(12-17-28)41-37-43-36(44-38(45-37)42-26-13-18-29(55-2)19-14-26)40-24-9-7-23(8-10-24)32-22-34(30-5-3-4-6-31(30)39)47(46-32)33-20-15-27(48(50)51)21-35(33)49(52)53/h3-21,34H,22H2,1-2H3,(H3,40,41,42,43,44,45). The smallest absolute Gasteiger partial charge is 0.301 e. The van der Waals surface area contributed by atoms with Crippen molar-refractivity contribution in [2.24, 2.45) is 5.10 Å². The van der Waals surface area contributed by atoms with Gasteiger partial charge in [-0.3, -0.25) is 25.2 Å². The number of hydrogen-bond donors (Lipinski definition) is 3. The number of nitrogens with zero attached hydrogens (tertiary/aromatic N) is 7. The van der Waals surface area contributed by atoms with Gasteiger partial charge in [0.05, 0.1) is 41.9 Å². The fraction of sp³-hybridized carbons (Fsp3) is 0.105. The van der Waals surface area contributed by atoms with Crippen molar-refractivity contribution in [2.45, 2.75) is 12.5 Å². The third kappa shape index (κ3) is 8.18. The average Bonchev–Trinajstić information content (AvgIpc) is 3.63. The highest BCUT2D eigenvalue weighted by molar-refractivity contribution is 6.31. The number of rotatable bonds is 13. The third-order valence-corrected chi connectivity index (χ3v) is 8.93. The van der Waals surface area contributed by atoms with Gasteiger partial charge in [-0.25, -0.2) is 0 Å². The predicted octanol–water partition coefficient (Wildman–Crippen LogP) is 8.95. The number of ether oxygens (including phenoxy) is 2. The molecule has 2 heterocycles. The molecule has 16 nitrogen and oxygen atoms in total. The topological polar surface area (TPSA) is 195 Å². The Morgan fingerprint density at radius 3 is 1.67 bits per heavy atom. The summed E-state index contributed by atoms with van der Waals surface area (Å²) in [6.07, 6.45) is 0.346. The SMILES string of the molecule is COc1ccc(Nc2nc(Nc3ccc(OC)cc3)nc(Nc3ccc(C4=NN(c5ccc([N+](=O)[O-])cc5[N+](=O)[O-])C(c5ccccc5Cl)C4)cc3)n2)cc1. The van der Waals surface area contributed by atoms with Crippen LogP contribution in [0.2, 0.25) is 5.02 Å². The highest BCUT2D eigenvalue weighted by atomic mass is 35.5. The van der Waals surface area contributed by atoms with Gasteiger partial charge in [0, 0.05) is 34.6 Å². The highest BCUT2D eigenvalue weighted by Crippen LogP contribution is 2.43. The molecule has 0 saturated heterocycles. The number of methoxy groups -OCH3 is 2. The van der Waals surface area contributed by atoms with E-state index in [2.05, 4.69) is 30.9 Å². The predicted molar refractivity (Wildman–Crippen MR) is 210 cm³/mol. The van der Waals surface area contributed by atoms with Gasteiger partial charge in [0.25, 0.3) is 5.69 Å². The molecular formula is C38H31ClN10O6. The zero-order valence-corrected chi connectivity index (χ0v) is 30.0. The first-order valence-corrected chi connectivity index (χ1v) is 17.0. The Balaban J connectivity index is 1.18. The van der Waals surface area contributed by atoms with Crippen LogP contribution in [0.4, 0.5) is 52.0 Å². The molecule has 5 aromatic carbocycles. The molecule has 3 N–H and O–H groups in total. The van der Waals surface area contributed by atoms with Gasteiger partial charge in [0.1, 0.15) is 17.2 Å². The molecule has 6 aromatic rings. The fourth-order valence-corrected chi connectivity index (χ4v) is 6.15. The summed E-state index contributed by atoms with van der Waals surface area (Å²) >= 11 is 6.61. The summed E-state index contributed by atoms with van der Waals surface area (Å²) in [4.78, 5) is 36.0. The minimum absolute atomic E-state index is 0.0988. The molecule has 7 rings (SSSR count). The molecule has 0 spiro atoms. The molecule has 1 aliphatic heterocycles. The normalized spacial score (nSPS) is 13.5. The van der Waals surface area contributed by atoms with Crippen LogP contribution < -0.4 is 30.4 Å². The van der Waals surface area contributed by atoms with Crippen molar-refractivity contribution < 1.29 is 19.3 Å². The van der Waals surface area contributed by atoms with Crippen LogP contribution in [-0.4, -0.2) is 44.7 Å². The lowest BCUT2D eigenvalue weighted by Gasteiger charge is -2.24. The molecule has 0 bridgehead atoms. The number of aromatic nitrogens is 3. The largest absolute Gasteiger partial charge is 0.497 e. The van der Waals surface area contributed by atoms with Crippen molar-refractivity contribution in [3.63, 3.8) is 0 Å². The van der Waals surface area contributed by atoms with Gasteiger partial charge in [-0.15, -0.1) is 0 Å². The fourth-order valence-electron chi connectivity index (χ4n) is 5.89. The lowest BCUT2D eigenvalue weighted by atomic mass is 9.98. The van der Waals surface area contributed by atoms with Crippen LogP contribution in [0.5, 0.6) is 11.5 Å². The van der Waals surface area contributed by atoms with Gasteiger partial charge < -0.3 is 25.4 Å². The summed E-state index contributed by atoms with van der Waals surface area (Å²) in [5.74, 6) is 2.22. The van der Waals surface area contributed by atoms with Crippen LogP contribution in [0.3, 0.4) is 0 Å². The van der Waals surface area contributed by atoms with Gasteiger partial charge in [-0.05, 0) is 83.9 Å². The van der Waals surface area contributed by atoms with Crippen LogP contribution in [0.1, 0.15) is 23.6 Å². The Morgan fingerprint density at radius 2 is 1.20 bits per heavy atom. The molecule has 55 heavy (non-hydrogen) atoms. The number of halogens is 1. The second-order valence-electron chi connectivity index (χ2n) is 12.0. The van der Waals surface area contributed by atoms with E-state index in [1.807, 2.05) is 84.9 Å². The molecule has 0 aliphatic carbocycles. The van der Waals surface area contributed by atoms with E-state index in [-0.39, 0.29) is 23.5 Å². The maximum atomic E-state index is 12.1. The van der Waals surface area contributed by atoms with E-state index in [4.69, 9.17) is 26.2 Å². The van der Waals surface area contributed by atoms with E-state index in [1.54, 1.807) is 26.4 Å². The minimum Gasteiger partial charge on any atom is -0.497 e. The zero-order chi connectivity index (χ0) is 38.5. The minimum atomic E-state index is -0.677. The molecule has 0 amide bonds. The maximum absolute atomic E-state index is 12.1. The molecule has 0 fully saturated rings. The number of nitro benzene ring substituents is 2. The quantitative estimate of drug-likeness (QED) is 0.0746. The van der Waals surface area contributed by atoms with Crippen LogP contribution in [-0.2, 0) is 0 Å². The molecule has 1 aliphatic rings. The van der Waals surface area contributed by atoms with Crippen molar-refractivity contribution in [3.8, 4) is 11.5 Å². The van der Waals surface area contributed by atoms with E-state index in [0.29, 0.717) is 39.9 Å². The number of nitro groups is 2. The summed E-state index contributed by atoms with van der Waals surface area (Å²) < 4.78 is 10.5. The molecular weight excluding hydrogens is 728 g/mol. The van der Waals surface area contributed by atoms with Crippen molar-refractivity contribution in [3.05, 3.63) is 152 Å². The number of hydrogen-bond acceptors (Lipinski definition) is 14. The zero-order valence-electron chi connectivity index (χ0n) is 29.2. The molecule has 0 saturated carbocycles. The number of anilines is 7. The average molecular weight is 759 g/mol. The first kappa shape index (κ1) is 36.0. The van der Waals surface area contributed by atoms with Crippen molar-refractivity contribution in [1.29, 1.82) is 0 Å². The molecule has 1 atom stereocenters. The number of benzene rings is 5. The summed E-state index contributed by atoms with van der Waals surface area (Å²) in [6, 6.07) is 32.1. The lowest BCUT2D eigenvalue weighted by Crippen LogP contribution is -2.20. The summed E-state index contributed by atoms with van der Waals surface area (Å²) in [5, 5.41) is 40.0.